The van der Waals surface area contributed by atoms with Crippen LogP contribution in [0, 0.1) is 5.92 Å². The molecule has 0 aliphatic carbocycles. The average Bonchev–Trinajstić information content (AvgIpc) is 2.68. The number of rotatable bonds is 4. The number of amides is 1. The number of ether oxygens (including phenoxy) is 1. The minimum absolute atomic E-state index is 0.0667. The number of sulfonamides is 1. The van der Waals surface area contributed by atoms with Gasteiger partial charge in [0.05, 0.1) is 24.0 Å². The van der Waals surface area contributed by atoms with Crippen molar-refractivity contribution in [2.75, 3.05) is 39.4 Å². The van der Waals surface area contributed by atoms with Gasteiger partial charge < -0.3 is 14.7 Å². The van der Waals surface area contributed by atoms with Crippen molar-refractivity contribution in [3.63, 3.8) is 0 Å². The number of piperidine rings is 1. The number of likely N-dealkylation sites (tertiary alicyclic amines) is 1. The summed E-state index contributed by atoms with van der Waals surface area (Å²) >= 11 is 0. The Hall–Kier alpha value is -1.97. The number of carbonyl (C=O) groups is 2. The van der Waals surface area contributed by atoms with Gasteiger partial charge in [0.15, 0.2) is 0 Å². The lowest BCUT2D eigenvalue weighted by atomic mass is 9.97. The van der Waals surface area contributed by atoms with Crippen LogP contribution in [0.25, 0.3) is 0 Å². The molecule has 8 nitrogen and oxygen atoms in total. The van der Waals surface area contributed by atoms with Crippen LogP contribution in [-0.4, -0.2) is 74.0 Å². The molecular formula is C17H22N2O6S. The Morgan fingerprint density at radius 3 is 2.58 bits per heavy atom. The van der Waals surface area contributed by atoms with Crippen LogP contribution >= 0.6 is 0 Å². The first-order chi connectivity index (χ1) is 12.4. The van der Waals surface area contributed by atoms with Gasteiger partial charge in [0.1, 0.15) is 0 Å². The van der Waals surface area contributed by atoms with Crippen LogP contribution in [0.2, 0.25) is 0 Å². The second kappa shape index (κ2) is 7.73. The highest BCUT2D eigenvalue weighted by molar-refractivity contribution is 7.89. The van der Waals surface area contributed by atoms with E-state index in [0.717, 1.165) is 0 Å². The van der Waals surface area contributed by atoms with E-state index in [0.29, 0.717) is 32.6 Å². The molecule has 1 aromatic carbocycles. The summed E-state index contributed by atoms with van der Waals surface area (Å²) < 4.78 is 32.0. The predicted molar refractivity (Wildman–Crippen MR) is 92.3 cm³/mol. The number of morpholine rings is 1. The Kier molecular flexibility index (Phi) is 5.59. The summed E-state index contributed by atoms with van der Waals surface area (Å²) in [5.41, 5.74) is 0.255. The molecule has 2 fully saturated rings. The van der Waals surface area contributed by atoms with Crippen LogP contribution in [-0.2, 0) is 19.6 Å². The molecule has 0 saturated carbocycles. The summed E-state index contributed by atoms with van der Waals surface area (Å²) in [5, 5.41) is 9.17. The topological polar surface area (TPSA) is 104 Å². The number of carboxylic acid groups (broad SMARTS) is 1. The Balaban J connectivity index is 1.80. The summed E-state index contributed by atoms with van der Waals surface area (Å²) in [6, 6.07) is 5.94. The van der Waals surface area contributed by atoms with Gasteiger partial charge in [-0.2, -0.15) is 4.31 Å². The van der Waals surface area contributed by atoms with Gasteiger partial charge in [-0.05, 0) is 31.0 Å². The van der Waals surface area contributed by atoms with Gasteiger partial charge in [0.2, 0.25) is 10.0 Å². The molecule has 2 aliphatic heterocycles. The fourth-order valence-corrected chi connectivity index (χ4v) is 4.73. The lowest BCUT2D eigenvalue weighted by molar-refractivity contribution is -0.143. The number of hydrogen-bond acceptors (Lipinski definition) is 5. The maximum absolute atomic E-state index is 12.7. The summed E-state index contributed by atoms with van der Waals surface area (Å²) in [6.45, 7) is 1.89. The van der Waals surface area contributed by atoms with Crippen molar-refractivity contribution in [2.24, 2.45) is 5.92 Å². The Morgan fingerprint density at radius 2 is 1.88 bits per heavy atom. The van der Waals surface area contributed by atoms with E-state index in [2.05, 4.69) is 0 Å². The van der Waals surface area contributed by atoms with Gasteiger partial charge in [-0.1, -0.05) is 6.07 Å². The molecule has 0 spiro atoms. The molecule has 3 rings (SSSR count). The molecular weight excluding hydrogens is 360 g/mol. The highest BCUT2D eigenvalue weighted by Crippen LogP contribution is 2.22. The lowest BCUT2D eigenvalue weighted by Gasteiger charge is -2.31. The Morgan fingerprint density at radius 1 is 1.15 bits per heavy atom. The van der Waals surface area contributed by atoms with Crippen molar-refractivity contribution in [1.29, 1.82) is 0 Å². The molecule has 1 aromatic rings. The summed E-state index contributed by atoms with van der Waals surface area (Å²) in [5.74, 6) is -1.82. The van der Waals surface area contributed by atoms with Crippen LogP contribution in [0.3, 0.4) is 0 Å². The lowest BCUT2D eigenvalue weighted by Crippen LogP contribution is -2.42. The first kappa shape index (κ1) is 18.8. The first-order valence-corrected chi connectivity index (χ1v) is 10.0. The van der Waals surface area contributed by atoms with E-state index in [1.807, 2.05) is 0 Å². The fourth-order valence-electron chi connectivity index (χ4n) is 3.27. The second-order valence-corrected chi connectivity index (χ2v) is 8.41. The van der Waals surface area contributed by atoms with E-state index in [-0.39, 0.29) is 36.0 Å². The molecule has 0 aromatic heterocycles. The largest absolute Gasteiger partial charge is 0.481 e. The van der Waals surface area contributed by atoms with Gasteiger partial charge in [-0.25, -0.2) is 8.42 Å². The first-order valence-electron chi connectivity index (χ1n) is 8.59. The SMILES string of the molecule is O=C(O)[C@H]1CCCN(C(=O)c2cccc(S(=O)(=O)N3CCOCC3)c2)C1. The van der Waals surface area contributed by atoms with Crippen molar-refractivity contribution in [1.82, 2.24) is 9.21 Å². The third-order valence-corrected chi connectivity index (χ3v) is 6.64. The van der Waals surface area contributed by atoms with Gasteiger partial charge in [0, 0.05) is 31.7 Å². The highest BCUT2D eigenvalue weighted by Gasteiger charge is 2.30. The van der Waals surface area contributed by atoms with Crippen molar-refractivity contribution in [2.45, 2.75) is 17.7 Å². The van der Waals surface area contributed by atoms with Gasteiger partial charge in [0.25, 0.3) is 5.91 Å². The molecule has 0 radical (unpaired) electrons. The van der Waals surface area contributed by atoms with Crippen LogP contribution in [0.5, 0.6) is 0 Å². The van der Waals surface area contributed by atoms with Gasteiger partial charge in [-0.15, -0.1) is 0 Å². The van der Waals surface area contributed by atoms with Gasteiger partial charge >= 0.3 is 5.97 Å². The number of hydrogen-bond donors (Lipinski definition) is 1. The predicted octanol–water partition coefficient (Wildman–Crippen LogP) is 0.644. The maximum Gasteiger partial charge on any atom is 0.308 e. The van der Waals surface area contributed by atoms with E-state index >= 15 is 0 Å². The zero-order valence-electron chi connectivity index (χ0n) is 14.3. The van der Waals surface area contributed by atoms with Crippen LogP contribution in [0.4, 0.5) is 0 Å². The molecule has 1 N–H and O–H groups in total. The normalized spacial score (nSPS) is 22.2. The van der Waals surface area contributed by atoms with E-state index in [1.54, 1.807) is 12.1 Å². The van der Waals surface area contributed by atoms with Crippen molar-refractivity contribution >= 4 is 21.9 Å². The highest BCUT2D eigenvalue weighted by atomic mass is 32.2. The molecule has 2 aliphatic rings. The minimum atomic E-state index is -3.68. The monoisotopic (exact) mass is 382 g/mol. The number of aliphatic carboxylic acids is 1. The molecule has 0 unspecified atom stereocenters. The third kappa shape index (κ3) is 3.89. The van der Waals surface area contributed by atoms with Crippen molar-refractivity contribution in [3.05, 3.63) is 29.8 Å². The van der Waals surface area contributed by atoms with Crippen LogP contribution < -0.4 is 0 Å². The number of carboxylic acids is 1. The smallest absolute Gasteiger partial charge is 0.308 e. The molecule has 9 heteroatoms. The summed E-state index contributed by atoms with van der Waals surface area (Å²) in [7, 11) is -3.68. The zero-order chi connectivity index (χ0) is 18.7. The molecule has 2 heterocycles. The van der Waals surface area contributed by atoms with Crippen molar-refractivity contribution in [3.8, 4) is 0 Å². The maximum atomic E-state index is 12.7. The number of benzene rings is 1. The van der Waals surface area contributed by atoms with E-state index in [4.69, 9.17) is 4.74 Å². The van der Waals surface area contributed by atoms with Crippen LogP contribution in [0.1, 0.15) is 23.2 Å². The molecule has 1 atom stereocenters. The minimum Gasteiger partial charge on any atom is -0.481 e. The van der Waals surface area contributed by atoms with E-state index in [9.17, 15) is 23.1 Å². The molecule has 1 amide bonds. The second-order valence-electron chi connectivity index (χ2n) is 6.47. The summed E-state index contributed by atoms with van der Waals surface area (Å²) in [4.78, 5) is 25.5. The Labute approximate surface area is 152 Å². The molecule has 142 valence electrons. The number of carbonyl (C=O) groups excluding carboxylic acids is 1. The zero-order valence-corrected chi connectivity index (χ0v) is 15.2. The van der Waals surface area contributed by atoms with Crippen molar-refractivity contribution < 1.29 is 27.9 Å². The van der Waals surface area contributed by atoms with E-state index in [1.165, 1.54) is 21.3 Å². The fraction of sp³-hybridized carbons (Fsp3) is 0.529. The van der Waals surface area contributed by atoms with Gasteiger partial charge in [-0.3, -0.25) is 9.59 Å². The Bertz CT molecular complexity index is 788. The van der Waals surface area contributed by atoms with E-state index < -0.39 is 21.9 Å². The number of nitrogens with zero attached hydrogens (tertiary/aromatic N) is 2. The van der Waals surface area contributed by atoms with Crippen LogP contribution in [0.15, 0.2) is 29.2 Å². The molecule has 2 saturated heterocycles. The third-order valence-electron chi connectivity index (χ3n) is 4.75. The standard InChI is InChI=1S/C17H22N2O6S/c20-16(18-6-2-4-14(12-18)17(21)22)13-3-1-5-15(11-13)26(23,24)19-7-9-25-10-8-19/h1,3,5,11,14H,2,4,6-10,12H2,(H,21,22)/t14-/m0/s1. The quantitative estimate of drug-likeness (QED) is 0.820. The molecule has 26 heavy (non-hydrogen) atoms. The average molecular weight is 382 g/mol. The molecule has 0 bridgehead atoms. The summed E-state index contributed by atoms with van der Waals surface area (Å²) in [6.07, 6.45) is 1.17.